The van der Waals surface area contributed by atoms with E-state index in [1.165, 1.54) is 6.07 Å². The molecule has 2 N–H and O–H groups in total. The number of benzene rings is 1. The molecule has 0 radical (unpaired) electrons. The molecule has 7 heteroatoms. The van der Waals surface area contributed by atoms with E-state index in [1.807, 2.05) is 0 Å². The zero-order valence-corrected chi connectivity index (χ0v) is 9.52. The van der Waals surface area contributed by atoms with Gasteiger partial charge in [0.2, 0.25) is 0 Å². The lowest BCUT2D eigenvalue weighted by Crippen LogP contribution is -2.09. The molecule has 0 unspecified atom stereocenters. The highest BCUT2D eigenvalue weighted by Gasteiger charge is 2.23. The highest BCUT2D eigenvalue weighted by Crippen LogP contribution is 2.27. The summed E-state index contributed by atoms with van der Waals surface area (Å²) in [5, 5.41) is 19.4. The molecule has 0 aromatic heterocycles. The van der Waals surface area contributed by atoms with Crippen molar-refractivity contribution in [1.82, 2.24) is 0 Å². The average molecular weight is 284 g/mol. The van der Waals surface area contributed by atoms with Crippen molar-refractivity contribution in [2.24, 2.45) is 0 Å². The Morgan fingerprint density at radius 3 is 2.69 bits per heavy atom. The van der Waals surface area contributed by atoms with E-state index >= 15 is 0 Å². The van der Waals surface area contributed by atoms with Crippen LogP contribution in [0.4, 0.5) is 11.4 Å². The Kier molecular flexibility index (Phi) is 3.58. The summed E-state index contributed by atoms with van der Waals surface area (Å²) in [6.07, 6.45) is 0. The largest absolute Gasteiger partial charge is 0.398 e. The summed E-state index contributed by atoms with van der Waals surface area (Å²) in [5.74, 6) is -0.460. The maximum absolute atomic E-state index is 11.5. The number of nitrogens with zero attached hydrogens (tertiary/aromatic N) is 2. The van der Waals surface area contributed by atoms with Gasteiger partial charge < -0.3 is 5.73 Å². The Hall–Kier alpha value is -1.94. The zero-order valence-electron chi connectivity index (χ0n) is 7.94. The summed E-state index contributed by atoms with van der Waals surface area (Å²) in [6, 6.07) is 3.99. The molecule has 1 aromatic rings. The van der Waals surface area contributed by atoms with E-state index in [2.05, 4.69) is 15.9 Å². The number of hydrogen-bond donors (Lipinski definition) is 1. The fourth-order valence-corrected chi connectivity index (χ4v) is 1.52. The topological polar surface area (TPSA) is 110 Å². The Balaban J connectivity index is 3.58. The maximum Gasteiger partial charge on any atom is 0.287 e. The molecule has 0 fully saturated rings. The third-order valence-electron chi connectivity index (χ3n) is 1.92. The third-order valence-corrected chi connectivity index (χ3v) is 2.43. The fourth-order valence-electron chi connectivity index (χ4n) is 1.24. The van der Waals surface area contributed by atoms with Gasteiger partial charge in [0.1, 0.15) is 11.6 Å². The molecule has 6 nitrogen and oxygen atoms in total. The van der Waals surface area contributed by atoms with Gasteiger partial charge in [-0.05, 0) is 6.07 Å². The summed E-state index contributed by atoms with van der Waals surface area (Å²) in [5.41, 5.74) is 4.77. The molecule has 16 heavy (non-hydrogen) atoms. The van der Waals surface area contributed by atoms with Crippen LogP contribution in [0.15, 0.2) is 12.1 Å². The third kappa shape index (κ3) is 2.01. The van der Waals surface area contributed by atoms with Crippen molar-refractivity contribution in [2.75, 3.05) is 11.1 Å². The predicted molar refractivity (Wildman–Crippen MR) is 60.3 cm³/mol. The van der Waals surface area contributed by atoms with Crippen LogP contribution in [0.5, 0.6) is 0 Å². The van der Waals surface area contributed by atoms with E-state index in [9.17, 15) is 14.9 Å². The molecule has 0 amide bonds. The number of anilines is 1. The second kappa shape index (κ2) is 4.72. The second-order valence-corrected chi connectivity index (χ2v) is 3.41. The molecule has 0 aliphatic carbocycles. The molecule has 0 heterocycles. The zero-order chi connectivity index (χ0) is 12.3. The normalized spacial score (nSPS) is 9.50. The SMILES string of the molecule is N#Cc1c([N+](=O)[O-])ccc(N)c1C(=O)CBr. The van der Waals surface area contributed by atoms with Gasteiger partial charge in [-0.1, -0.05) is 15.9 Å². The first-order chi connectivity index (χ1) is 7.52. The van der Waals surface area contributed by atoms with Gasteiger partial charge in [-0.3, -0.25) is 14.9 Å². The lowest BCUT2D eigenvalue weighted by molar-refractivity contribution is -0.385. The summed E-state index contributed by atoms with van der Waals surface area (Å²) >= 11 is 2.93. The van der Waals surface area contributed by atoms with Crippen LogP contribution in [0.1, 0.15) is 15.9 Å². The van der Waals surface area contributed by atoms with E-state index in [4.69, 9.17) is 11.0 Å². The number of nitro benzene ring substituents is 1. The van der Waals surface area contributed by atoms with Crippen molar-refractivity contribution in [2.45, 2.75) is 0 Å². The summed E-state index contributed by atoms with van der Waals surface area (Å²) in [4.78, 5) is 21.4. The van der Waals surface area contributed by atoms with E-state index in [1.54, 1.807) is 6.07 Å². The number of nitro groups is 1. The minimum atomic E-state index is -0.719. The minimum Gasteiger partial charge on any atom is -0.398 e. The van der Waals surface area contributed by atoms with Gasteiger partial charge in [0.15, 0.2) is 5.78 Å². The molecule has 1 rings (SSSR count). The van der Waals surface area contributed by atoms with Gasteiger partial charge in [-0.15, -0.1) is 0 Å². The van der Waals surface area contributed by atoms with Gasteiger partial charge in [0.25, 0.3) is 5.69 Å². The Morgan fingerprint density at radius 2 is 2.25 bits per heavy atom. The van der Waals surface area contributed by atoms with Crippen molar-refractivity contribution >= 4 is 33.1 Å². The Morgan fingerprint density at radius 1 is 1.62 bits per heavy atom. The van der Waals surface area contributed by atoms with Crippen molar-refractivity contribution in [1.29, 1.82) is 5.26 Å². The number of Topliss-reactive ketones (excluding diaryl/α,β-unsaturated/α-hetero) is 1. The number of alkyl halides is 1. The number of nitrogens with two attached hydrogens (primary N) is 1. The number of nitriles is 1. The number of hydrogen-bond acceptors (Lipinski definition) is 5. The lowest BCUT2D eigenvalue weighted by atomic mass is 10.0. The van der Waals surface area contributed by atoms with Crippen LogP contribution in [-0.2, 0) is 0 Å². The first kappa shape index (κ1) is 12.1. The predicted octanol–water partition coefficient (Wildman–Crippen LogP) is 1.63. The van der Waals surface area contributed by atoms with Crippen molar-refractivity contribution in [3.05, 3.63) is 33.4 Å². The molecule has 0 atom stereocenters. The highest BCUT2D eigenvalue weighted by atomic mass is 79.9. The molecule has 0 bridgehead atoms. The van der Waals surface area contributed by atoms with Crippen LogP contribution in [0, 0.1) is 21.4 Å². The number of rotatable bonds is 3. The summed E-state index contributed by atoms with van der Waals surface area (Å²) in [6.45, 7) is 0. The quantitative estimate of drug-likeness (QED) is 0.298. The van der Waals surface area contributed by atoms with Crippen molar-refractivity contribution in [3.8, 4) is 6.07 Å². The first-order valence-corrected chi connectivity index (χ1v) is 5.21. The molecule has 1 aromatic carbocycles. The summed E-state index contributed by atoms with van der Waals surface area (Å²) in [7, 11) is 0. The van der Waals surface area contributed by atoms with Gasteiger partial charge >= 0.3 is 0 Å². The fraction of sp³-hybridized carbons (Fsp3) is 0.111. The second-order valence-electron chi connectivity index (χ2n) is 2.85. The van der Waals surface area contributed by atoms with Crippen LogP contribution in [-0.4, -0.2) is 16.0 Å². The number of carbonyl (C=O) groups excluding carboxylic acids is 1. The number of ketones is 1. The number of carbonyl (C=O) groups is 1. The van der Waals surface area contributed by atoms with Gasteiger partial charge in [0.05, 0.1) is 15.8 Å². The van der Waals surface area contributed by atoms with Gasteiger partial charge in [0, 0.05) is 11.8 Å². The molecule has 0 saturated heterocycles. The van der Waals surface area contributed by atoms with Crippen LogP contribution in [0.2, 0.25) is 0 Å². The van der Waals surface area contributed by atoms with E-state index in [0.717, 1.165) is 6.07 Å². The van der Waals surface area contributed by atoms with E-state index in [-0.39, 0.29) is 22.1 Å². The van der Waals surface area contributed by atoms with Crippen LogP contribution >= 0.6 is 15.9 Å². The average Bonchev–Trinajstić information content (AvgIpc) is 2.26. The molecule has 0 aliphatic heterocycles. The molecule has 82 valence electrons. The van der Waals surface area contributed by atoms with Gasteiger partial charge in [-0.2, -0.15) is 5.26 Å². The number of halogens is 1. The smallest absolute Gasteiger partial charge is 0.287 e. The molecule has 0 spiro atoms. The highest BCUT2D eigenvalue weighted by molar-refractivity contribution is 9.09. The number of nitrogen functional groups attached to an aromatic ring is 1. The van der Waals surface area contributed by atoms with Crippen LogP contribution in [0.25, 0.3) is 0 Å². The summed E-state index contributed by atoms with van der Waals surface area (Å²) < 4.78 is 0. The van der Waals surface area contributed by atoms with Gasteiger partial charge in [-0.25, -0.2) is 0 Å². The Bertz CT molecular complexity index is 507. The molecule has 0 saturated carbocycles. The van der Waals surface area contributed by atoms with Crippen molar-refractivity contribution in [3.63, 3.8) is 0 Å². The van der Waals surface area contributed by atoms with Crippen LogP contribution < -0.4 is 5.73 Å². The van der Waals surface area contributed by atoms with Crippen molar-refractivity contribution < 1.29 is 9.72 Å². The monoisotopic (exact) mass is 283 g/mol. The molecule has 0 aliphatic rings. The lowest BCUT2D eigenvalue weighted by Gasteiger charge is -2.05. The standard InChI is InChI=1S/C9H6BrN3O3/c10-3-8(14)9-5(4-11)7(13(15)16)2-1-6(9)12/h1-2H,3,12H2. The maximum atomic E-state index is 11.5. The minimum absolute atomic E-state index is 0.0486. The van der Waals surface area contributed by atoms with Crippen LogP contribution in [0.3, 0.4) is 0 Å². The molecular weight excluding hydrogens is 278 g/mol. The first-order valence-electron chi connectivity index (χ1n) is 4.09. The Labute approximate surface area is 98.9 Å². The molecular formula is C9H6BrN3O3. The van der Waals surface area contributed by atoms with E-state index in [0.29, 0.717) is 0 Å². The van der Waals surface area contributed by atoms with E-state index < -0.39 is 16.4 Å².